The molecule has 0 radical (unpaired) electrons. The van der Waals surface area contributed by atoms with Crippen molar-refractivity contribution < 1.29 is 19.1 Å². The van der Waals surface area contributed by atoms with Crippen molar-refractivity contribution in [2.45, 2.75) is 45.1 Å². The van der Waals surface area contributed by atoms with Crippen LogP contribution in [0.2, 0.25) is 0 Å². The number of piperidine rings is 2. The predicted octanol–water partition coefficient (Wildman–Crippen LogP) is 3.67. The van der Waals surface area contributed by atoms with Gasteiger partial charge in [0.2, 0.25) is 5.91 Å². The first-order valence-corrected chi connectivity index (χ1v) is 12.6. The zero-order chi connectivity index (χ0) is 24.8. The van der Waals surface area contributed by atoms with Gasteiger partial charge in [-0.15, -0.1) is 0 Å². The summed E-state index contributed by atoms with van der Waals surface area (Å²) in [6, 6.07) is 14.0. The van der Waals surface area contributed by atoms with Gasteiger partial charge < -0.3 is 19.9 Å². The van der Waals surface area contributed by atoms with Crippen LogP contribution in [0.5, 0.6) is 5.75 Å². The van der Waals surface area contributed by atoms with E-state index in [1.54, 1.807) is 31.4 Å². The van der Waals surface area contributed by atoms with Crippen LogP contribution in [0.25, 0.3) is 0 Å². The summed E-state index contributed by atoms with van der Waals surface area (Å²) in [5, 5.41) is 3.06. The molecule has 2 aromatic carbocycles. The van der Waals surface area contributed by atoms with Gasteiger partial charge in [0.15, 0.2) is 0 Å². The second kappa shape index (κ2) is 11.4. The van der Waals surface area contributed by atoms with E-state index >= 15 is 0 Å². The Morgan fingerprint density at radius 3 is 2.20 bits per heavy atom. The van der Waals surface area contributed by atoms with Crippen molar-refractivity contribution in [3.05, 3.63) is 65.2 Å². The average molecular weight is 478 g/mol. The monoisotopic (exact) mass is 477 g/mol. The maximum Gasteiger partial charge on any atom is 0.257 e. The first kappa shape index (κ1) is 24.8. The summed E-state index contributed by atoms with van der Waals surface area (Å²) in [5.74, 6) is 0.236. The number of ether oxygens (including phenoxy) is 1. The highest BCUT2D eigenvalue weighted by atomic mass is 16.5. The highest BCUT2D eigenvalue weighted by Crippen LogP contribution is 2.27. The minimum Gasteiger partial charge on any atom is -0.496 e. The van der Waals surface area contributed by atoms with Crippen molar-refractivity contribution >= 4 is 17.7 Å². The Balaban J connectivity index is 1.47. The number of hydrogen-bond acceptors (Lipinski definition) is 4. The molecule has 35 heavy (non-hydrogen) atoms. The zero-order valence-electron chi connectivity index (χ0n) is 20.7. The van der Waals surface area contributed by atoms with Crippen molar-refractivity contribution in [3.63, 3.8) is 0 Å². The summed E-state index contributed by atoms with van der Waals surface area (Å²) in [6.07, 6.45) is 4.43. The van der Waals surface area contributed by atoms with Crippen LogP contribution in [0, 0.1) is 12.8 Å². The lowest BCUT2D eigenvalue weighted by molar-refractivity contribution is -0.136. The molecule has 0 bridgehead atoms. The Kier molecular flexibility index (Phi) is 8.06. The quantitative estimate of drug-likeness (QED) is 0.689. The fraction of sp³-hybridized carbons (Fsp3) is 0.464. The molecule has 2 saturated heterocycles. The van der Waals surface area contributed by atoms with E-state index in [4.69, 9.17) is 4.74 Å². The van der Waals surface area contributed by atoms with Gasteiger partial charge in [0, 0.05) is 31.7 Å². The minimum absolute atomic E-state index is 0.000308. The van der Waals surface area contributed by atoms with Crippen LogP contribution >= 0.6 is 0 Å². The maximum absolute atomic E-state index is 13.6. The van der Waals surface area contributed by atoms with E-state index in [0.29, 0.717) is 42.8 Å². The third-order valence-corrected chi connectivity index (χ3v) is 7.17. The average Bonchev–Trinajstić information content (AvgIpc) is 2.91. The van der Waals surface area contributed by atoms with Crippen LogP contribution in [-0.2, 0) is 4.79 Å². The number of carbonyl (C=O) groups excluding carboxylic acids is 3. The predicted molar refractivity (Wildman–Crippen MR) is 134 cm³/mol. The Bertz CT molecular complexity index is 1040. The summed E-state index contributed by atoms with van der Waals surface area (Å²) in [6.45, 7) is 4.52. The normalized spacial score (nSPS) is 17.5. The molecule has 186 valence electrons. The third kappa shape index (κ3) is 5.84. The van der Waals surface area contributed by atoms with Crippen molar-refractivity contribution in [2.75, 3.05) is 33.3 Å². The van der Waals surface area contributed by atoms with E-state index in [9.17, 15) is 14.4 Å². The zero-order valence-corrected chi connectivity index (χ0v) is 20.7. The number of methoxy groups -OCH3 is 1. The Morgan fingerprint density at radius 2 is 1.54 bits per heavy atom. The number of nitrogens with one attached hydrogen (secondary N) is 1. The Labute approximate surface area is 207 Å². The van der Waals surface area contributed by atoms with E-state index in [1.165, 1.54) is 0 Å². The number of para-hydroxylation sites is 1. The highest BCUT2D eigenvalue weighted by molar-refractivity contribution is 5.98. The van der Waals surface area contributed by atoms with Crippen molar-refractivity contribution in [1.82, 2.24) is 15.1 Å². The third-order valence-electron chi connectivity index (χ3n) is 7.17. The van der Waals surface area contributed by atoms with Gasteiger partial charge in [-0.05, 0) is 69.2 Å². The smallest absolute Gasteiger partial charge is 0.257 e. The van der Waals surface area contributed by atoms with Crippen LogP contribution in [0.4, 0.5) is 0 Å². The Morgan fingerprint density at radius 1 is 0.886 bits per heavy atom. The number of aryl methyl sites for hydroxylation is 1. The second-order valence-corrected chi connectivity index (χ2v) is 9.53. The molecule has 0 aromatic heterocycles. The lowest BCUT2D eigenvalue weighted by atomic mass is 9.87. The molecule has 2 heterocycles. The molecule has 4 rings (SSSR count). The first-order chi connectivity index (χ1) is 17.0. The molecule has 0 spiro atoms. The molecule has 2 fully saturated rings. The second-order valence-electron chi connectivity index (χ2n) is 9.53. The number of carbonyl (C=O) groups is 3. The van der Waals surface area contributed by atoms with E-state index in [2.05, 4.69) is 5.32 Å². The SMILES string of the molecule is COc1ccccc1C(=O)N1CCC([C@H](NC(=O)c2ccc(C)cc2)C(=O)N2CCCCC2)CC1. The van der Waals surface area contributed by atoms with Gasteiger partial charge in [0.1, 0.15) is 11.8 Å². The molecule has 0 saturated carbocycles. The molecule has 1 atom stereocenters. The van der Waals surface area contributed by atoms with Crippen LogP contribution in [0.15, 0.2) is 48.5 Å². The van der Waals surface area contributed by atoms with Gasteiger partial charge in [-0.1, -0.05) is 29.8 Å². The maximum atomic E-state index is 13.6. The van der Waals surface area contributed by atoms with Gasteiger partial charge in [0.05, 0.1) is 12.7 Å². The molecule has 7 heteroatoms. The molecule has 0 aliphatic carbocycles. The van der Waals surface area contributed by atoms with E-state index in [0.717, 1.165) is 37.9 Å². The van der Waals surface area contributed by atoms with Crippen molar-refractivity contribution in [1.29, 1.82) is 0 Å². The number of rotatable bonds is 6. The van der Waals surface area contributed by atoms with Crippen LogP contribution in [0.1, 0.15) is 58.4 Å². The molecule has 2 aliphatic rings. The molecule has 0 unspecified atom stereocenters. The van der Waals surface area contributed by atoms with Crippen LogP contribution < -0.4 is 10.1 Å². The fourth-order valence-corrected chi connectivity index (χ4v) is 5.05. The topological polar surface area (TPSA) is 79.0 Å². The summed E-state index contributed by atoms with van der Waals surface area (Å²) in [7, 11) is 1.56. The number of benzene rings is 2. The number of likely N-dealkylation sites (tertiary alicyclic amines) is 2. The van der Waals surface area contributed by atoms with Crippen molar-refractivity contribution in [3.8, 4) is 5.75 Å². The van der Waals surface area contributed by atoms with Gasteiger partial charge in [-0.3, -0.25) is 14.4 Å². The summed E-state index contributed by atoms with van der Waals surface area (Å²) in [5.41, 5.74) is 2.17. The molecule has 3 amide bonds. The van der Waals surface area contributed by atoms with E-state index in [-0.39, 0.29) is 23.6 Å². The van der Waals surface area contributed by atoms with Crippen LogP contribution in [0.3, 0.4) is 0 Å². The molecule has 2 aromatic rings. The lowest BCUT2D eigenvalue weighted by Crippen LogP contribution is -2.55. The molecule has 1 N–H and O–H groups in total. The van der Waals surface area contributed by atoms with Crippen LogP contribution in [-0.4, -0.2) is 66.9 Å². The molecular formula is C28H35N3O4. The summed E-state index contributed by atoms with van der Waals surface area (Å²) < 4.78 is 5.36. The Hall–Kier alpha value is -3.35. The largest absolute Gasteiger partial charge is 0.496 e. The fourth-order valence-electron chi connectivity index (χ4n) is 5.05. The molecular weight excluding hydrogens is 442 g/mol. The summed E-state index contributed by atoms with van der Waals surface area (Å²) >= 11 is 0. The van der Waals surface area contributed by atoms with Crippen molar-refractivity contribution in [2.24, 2.45) is 5.92 Å². The lowest BCUT2D eigenvalue weighted by Gasteiger charge is -2.38. The minimum atomic E-state index is -0.592. The van der Waals surface area contributed by atoms with E-state index in [1.807, 2.05) is 41.0 Å². The number of nitrogens with zero attached hydrogens (tertiary/aromatic N) is 2. The number of amides is 3. The highest BCUT2D eigenvalue weighted by Gasteiger charge is 2.37. The van der Waals surface area contributed by atoms with E-state index < -0.39 is 6.04 Å². The standard InChI is InChI=1S/C28H35N3O4/c1-20-10-12-22(13-11-20)26(32)29-25(28(34)30-16-6-3-7-17-30)21-14-18-31(19-15-21)27(33)23-8-4-5-9-24(23)35-2/h4-5,8-13,21,25H,3,6-7,14-19H2,1-2H3,(H,29,32)/t25-/m0/s1. The summed E-state index contributed by atoms with van der Waals surface area (Å²) in [4.78, 5) is 43.5. The first-order valence-electron chi connectivity index (χ1n) is 12.6. The molecule has 7 nitrogen and oxygen atoms in total. The van der Waals surface area contributed by atoms with Gasteiger partial charge in [-0.2, -0.15) is 0 Å². The number of hydrogen-bond donors (Lipinski definition) is 1. The van der Waals surface area contributed by atoms with Gasteiger partial charge in [0.25, 0.3) is 11.8 Å². The molecule has 2 aliphatic heterocycles. The van der Waals surface area contributed by atoms with Gasteiger partial charge in [-0.25, -0.2) is 0 Å². The van der Waals surface area contributed by atoms with Gasteiger partial charge >= 0.3 is 0 Å².